The Morgan fingerprint density at radius 3 is 3.05 bits per heavy atom. The number of anilines is 1. The molecule has 114 valence electrons. The van der Waals surface area contributed by atoms with Crippen LogP contribution in [0.15, 0.2) is 33.9 Å². The molecule has 1 fully saturated rings. The van der Waals surface area contributed by atoms with Crippen LogP contribution in [0.3, 0.4) is 0 Å². The molecule has 1 saturated heterocycles. The van der Waals surface area contributed by atoms with Crippen molar-refractivity contribution in [3.8, 4) is 0 Å². The van der Waals surface area contributed by atoms with Crippen molar-refractivity contribution in [3.63, 3.8) is 0 Å². The molecule has 2 rings (SSSR count). The lowest BCUT2D eigenvalue weighted by molar-refractivity contribution is -0.117. The SMILES string of the molecule is CCC1CN(CC(=O)Nc2cccc(Br)c2)CC/C1=N\O. The van der Waals surface area contributed by atoms with Crippen molar-refractivity contribution in [1.82, 2.24) is 4.90 Å². The van der Waals surface area contributed by atoms with Gasteiger partial charge in [0.15, 0.2) is 0 Å². The van der Waals surface area contributed by atoms with Gasteiger partial charge in [-0.05, 0) is 24.6 Å². The third kappa shape index (κ3) is 4.54. The summed E-state index contributed by atoms with van der Waals surface area (Å²) in [6, 6.07) is 7.54. The zero-order valence-corrected chi connectivity index (χ0v) is 13.6. The second-order valence-corrected chi connectivity index (χ2v) is 6.16. The Balaban J connectivity index is 1.88. The molecule has 1 aliphatic heterocycles. The molecule has 1 amide bonds. The number of carbonyl (C=O) groups is 1. The number of hydrogen-bond acceptors (Lipinski definition) is 4. The molecule has 1 aliphatic rings. The number of benzene rings is 1. The highest BCUT2D eigenvalue weighted by Crippen LogP contribution is 2.18. The molecule has 0 saturated carbocycles. The molecular weight excluding hydrogens is 334 g/mol. The second-order valence-electron chi connectivity index (χ2n) is 5.24. The van der Waals surface area contributed by atoms with E-state index >= 15 is 0 Å². The number of hydrogen-bond donors (Lipinski definition) is 2. The van der Waals surface area contributed by atoms with Crippen LogP contribution in [-0.4, -0.2) is 41.4 Å². The maximum Gasteiger partial charge on any atom is 0.238 e. The quantitative estimate of drug-likeness (QED) is 0.645. The van der Waals surface area contributed by atoms with Gasteiger partial charge in [-0.15, -0.1) is 0 Å². The summed E-state index contributed by atoms with van der Waals surface area (Å²) in [5.74, 6) is 0.217. The Hall–Kier alpha value is -1.40. The summed E-state index contributed by atoms with van der Waals surface area (Å²) >= 11 is 3.38. The fourth-order valence-electron chi connectivity index (χ4n) is 2.59. The van der Waals surface area contributed by atoms with Crippen LogP contribution < -0.4 is 5.32 Å². The largest absolute Gasteiger partial charge is 0.411 e. The first-order valence-electron chi connectivity index (χ1n) is 7.11. The fraction of sp³-hybridized carbons (Fsp3) is 0.467. The Kier molecular flexibility index (Phi) is 5.76. The van der Waals surface area contributed by atoms with Crippen LogP contribution in [0, 0.1) is 5.92 Å². The van der Waals surface area contributed by atoms with Gasteiger partial charge in [-0.2, -0.15) is 0 Å². The number of nitrogens with zero attached hydrogens (tertiary/aromatic N) is 2. The molecule has 21 heavy (non-hydrogen) atoms. The highest BCUT2D eigenvalue weighted by molar-refractivity contribution is 9.10. The summed E-state index contributed by atoms with van der Waals surface area (Å²) in [5.41, 5.74) is 1.64. The monoisotopic (exact) mass is 353 g/mol. The smallest absolute Gasteiger partial charge is 0.238 e. The van der Waals surface area contributed by atoms with Gasteiger partial charge in [-0.1, -0.05) is 34.1 Å². The minimum Gasteiger partial charge on any atom is -0.411 e. The molecule has 1 unspecified atom stereocenters. The predicted molar refractivity (Wildman–Crippen MR) is 86.8 cm³/mol. The van der Waals surface area contributed by atoms with Crippen molar-refractivity contribution >= 4 is 33.2 Å². The molecule has 0 spiro atoms. The first kappa shape index (κ1) is 16.0. The molecule has 1 aromatic carbocycles. The Bertz CT molecular complexity index is 533. The van der Waals surface area contributed by atoms with E-state index in [-0.39, 0.29) is 11.8 Å². The first-order valence-corrected chi connectivity index (χ1v) is 7.90. The normalized spacial score (nSPS) is 21.4. The third-order valence-corrected chi connectivity index (χ3v) is 4.22. The average Bonchev–Trinajstić information content (AvgIpc) is 2.47. The molecule has 1 aromatic rings. The number of rotatable bonds is 4. The van der Waals surface area contributed by atoms with E-state index in [0.717, 1.165) is 41.8 Å². The molecule has 2 N–H and O–H groups in total. The van der Waals surface area contributed by atoms with Gasteiger partial charge in [0.05, 0.1) is 12.3 Å². The minimum atomic E-state index is -0.0210. The zero-order valence-electron chi connectivity index (χ0n) is 12.1. The van der Waals surface area contributed by atoms with Crippen molar-refractivity contribution in [2.24, 2.45) is 11.1 Å². The van der Waals surface area contributed by atoms with Gasteiger partial charge in [0, 0.05) is 35.6 Å². The number of nitrogens with one attached hydrogen (secondary N) is 1. The van der Waals surface area contributed by atoms with Crippen molar-refractivity contribution in [3.05, 3.63) is 28.7 Å². The van der Waals surface area contributed by atoms with Gasteiger partial charge in [0.1, 0.15) is 0 Å². The summed E-state index contributed by atoms with van der Waals surface area (Å²) in [6.07, 6.45) is 1.64. The molecule has 0 aliphatic carbocycles. The zero-order chi connectivity index (χ0) is 15.2. The maximum absolute atomic E-state index is 12.1. The van der Waals surface area contributed by atoms with E-state index in [4.69, 9.17) is 5.21 Å². The second kappa shape index (κ2) is 7.56. The van der Waals surface area contributed by atoms with E-state index in [1.54, 1.807) is 0 Å². The lowest BCUT2D eigenvalue weighted by atomic mass is 9.93. The molecule has 0 radical (unpaired) electrons. The Morgan fingerprint density at radius 2 is 2.38 bits per heavy atom. The van der Waals surface area contributed by atoms with E-state index in [9.17, 15) is 4.79 Å². The van der Waals surface area contributed by atoms with Gasteiger partial charge in [-0.25, -0.2) is 0 Å². The van der Waals surface area contributed by atoms with Crippen LogP contribution in [0.4, 0.5) is 5.69 Å². The van der Waals surface area contributed by atoms with Crippen LogP contribution in [0.1, 0.15) is 19.8 Å². The van der Waals surface area contributed by atoms with Crippen LogP contribution in [0.5, 0.6) is 0 Å². The van der Waals surface area contributed by atoms with Crippen molar-refractivity contribution in [2.75, 3.05) is 25.0 Å². The van der Waals surface area contributed by atoms with Crippen molar-refractivity contribution in [2.45, 2.75) is 19.8 Å². The molecule has 6 heteroatoms. The minimum absolute atomic E-state index is 0.0210. The summed E-state index contributed by atoms with van der Waals surface area (Å²) in [6.45, 7) is 3.95. The van der Waals surface area contributed by atoms with E-state index in [1.165, 1.54) is 0 Å². The number of piperidine rings is 1. The van der Waals surface area contributed by atoms with Crippen molar-refractivity contribution < 1.29 is 10.0 Å². The van der Waals surface area contributed by atoms with Crippen molar-refractivity contribution in [1.29, 1.82) is 0 Å². The van der Waals surface area contributed by atoms with E-state index in [2.05, 4.69) is 38.2 Å². The standard InChI is InChI=1S/C15H20BrN3O2/c1-2-11-9-19(7-6-14(11)18-21)10-15(20)17-13-5-3-4-12(16)8-13/h3-5,8,11,21H,2,6-7,9-10H2,1H3,(H,17,20)/b18-14+. The number of carbonyl (C=O) groups excluding carboxylic acids is 1. The number of amides is 1. The Labute approximate surface area is 133 Å². The first-order chi connectivity index (χ1) is 10.1. The molecule has 1 heterocycles. The summed E-state index contributed by atoms with van der Waals surface area (Å²) in [5, 5.41) is 15.2. The highest BCUT2D eigenvalue weighted by Gasteiger charge is 2.25. The van der Waals surface area contributed by atoms with Gasteiger partial charge < -0.3 is 10.5 Å². The number of likely N-dealkylation sites (tertiary alicyclic amines) is 1. The van der Waals surface area contributed by atoms with Gasteiger partial charge in [0.25, 0.3) is 0 Å². The summed E-state index contributed by atoms with van der Waals surface area (Å²) in [4.78, 5) is 14.2. The maximum atomic E-state index is 12.1. The fourth-order valence-corrected chi connectivity index (χ4v) is 2.99. The topological polar surface area (TPSA) is 64.9 Å². The number of oxime groups is 1. The lowest BCUT2D eigenvalue weighted by Gasteiger charge is -2.32. The van der Waals surface area contributed by atoms with Gasteiger partial charge in [-0.3, -0.25) is 9.69 Å². The van der Waals surface area contributed by atoms with E-state index in [1.807, 2.05) is 24.3 Å². The highest BCUT2D eigenvalue weighted by atomic mass is 79.9. The van der Waals surface area contributed by atoms with Crippen LogP contribution in [0.25, 0.3) is 0 Å². The summed E-state index contributed by atoms with van der Waals surface area (Å²) < 4.78 is 0.938. The predicted octanol–water partition coefficient (Wildman–Crippen LogP) is 2.95. The number of halogens is 1. The third-order valence-electron chi connectivity index (χ3n) is 3.73. The molecule has 5 nitrogen and oxygen atoms in total. The van der Waals surface area contributed by atoms with Crippen LogP contribution >= 0.6 is 15.9 Å². The van der Waals surface area contributed by atoms with Crippen LogP contribution in [0.2, 0.25) is 0 Å². The van der Waals surface area contributed by atoms with Gasteiger partial charge >= 0.3 is 0 Å². The average molecular weight is 354 g/mol. The molecular formula is C15H20BrN3O2. The molecule has 1 atom stereocenters. The lowest BCUT2D eigenvalue weighted by Crippen LogP contribution is -2.44. The summed E-state index contributed by atoms with van der Waals surface area (Å²) in [7, 11) is 0. The molecule has 0 bridgehead atoms. The van der Waals surface area contributed by atoms with E-state index < -0.39 is 0 Å². The van der Waals surface area contributed by atoms with Crippen LogP contribution in [-0.2, 0) is 4.79 Å². The van der Waals surface area contributed by atoms with E-state index in [0.29, 0.717) is 6.54 Å². The molecule has 0 aromatic heterocycles. The Morgan fingerprint density at radius 1 is 1.57 bits per heavy atom. The van der Waals surface area contributed by atoms with Gasteiger partial charge in [0.2, 0.25) is 5.91 Å².